The van der Waals surface area contributed by atoms with Crippen LogP contribution in [-0.4, -0.2) is 35.0 Å². The Morgan fingerprint density at radius 1 is 1.44 bits per heavy atom. The second-order valence-electron chi connectivity index (χ2n) is 6.95. The molecule has 0 unspecified atom stereocenters. The van der Waals surface area contributed by atoms with Gasteiger partial charge in [0.05, 0.1) is 30.0 Å². The van der Waals surface area contributed by atoms with Crippen molar-refractivity contribution in [3.63, 3.8) is 0 Å². The molecule has 2 aromatic heterocycles. The summed E-state index contributed by atoms with van der Waals surface area (Å²) in [6.07, 6.45) is 2.36. The number of aromatic nitrogens is 2. The van der Waals surface area contributed by atoms with Crippen molar-refractivity contribution in [2.45, 2.75) is 25.0 Å². The van der Waals surface area contributed by atoms with E-state index < -0.39 is 0 Å². The van der Waals surface area contributed by atoms with Gasteiger partial charge in [-0.2, -0.15) is 0 Å². The minimum absolute atomic E-state index is 0.0488. The molecule has 128 valence electrons. The molecule has 6 heteroatoms. The summed E-state index contributed by atoms with van der Waals surface area (Å²) in [5.74, 6) is 1.29. The number of hydrogen-bond donors (Lipinski definition) is 0. The molecule has 0 N–H and O–H groups in total. The average Bonchev–Trinajstić information content (AvgIpc) is 3.23. The second-order valence-corrected chi connectivity index (χ2v) is 6.95. The van der Waals surface area contributed by atoms with Gasteiger partial charge in [0.25, 0.3) is 0 Å². The van der Waals surface area contributed by atoms with E-state index in [2.05, 4.69) is 11.9 Å². The SMILES string of the molecule is COc1cc2c(c3c1c(=O)c1cccnc1n3C)C[C@H]([C@@]1(C)CO1)O2. The van der Waals surface area contributed by atoms with Crippen LogP contribution in [0.2, 0.25) is 0 Å². The predicted octanol–water partition coefficient (Wildman–Crippen LogP) is 2.19. The summed E-state index contributed by atoms with van der Waals surface area (Å²) in [6.45, 7) is 2.75. The van der Waals surface area contributed by atoms with E-state index >= 15 is 0 Å². The van der Waals surface area contributed by atoms with Crippen molar-refractivity contribution in [2.75, 3.05) is 13.7 Å². The molecule has 1 aromatic carbocycles. The molecule has 1 fully saturated rings. The van der Waals surface area contributed by atoms with E-state index in [9.17, 15) is 4.79 Å². The summed E-state index contributed by atoms with van der Waals surface area (Å²) < 4.78 is 19.2. The van der Waals surface area contributed by atoms with Crippen LogP contribution in [0, 0.1) is 0 Å². The second kappa shape index (κ2) is 4.73. The van der Waals surface area contributed by atoms with E-state index in [4.69, 9.17) is 14.2 Å². The minimum Gasteiger partial charge on any atom is -0.496 e. The van der Waals surface area contributed by atoms with Gasteiger partial charge < -0.3 is 18.8 Å². The monoisotopic (exact) mass is 338 g/mol. The van der Waals surface area contributed by atoms with E-state index in [0.717, 1.165) is 16.8 Å². The molecule has 0 saturated carbocycles. The van der Waals surface area contributed by atoms with E-state index in [0.29, 0.717) is 35.2 Å². The van der Waals surface area contributed by atoms with Crippen LogP contribution in [0.1, 0.15) is 12.5 Å². The normalized spacial score (nSPS) is 24.4. The molecule has 1 saturated heterocycles. The predicted molar refractivity (Wildman–Crippen MR) is 93.5 cm³/mol. The molecular weight excluding hydrogens is 320 g/mol. The Balaban J connectivity index is 1.89. The highest BCUT2D eigenvalue weighted by atomic mass is 16.6. The van der Waals surface area contributed by atoms with Crippen molar-refractivity contribution < 1.29 is 14.2 Å². The smallest absolute Gasteiger partial charge is 0.202 e. The van der Waals surface area contributed by atoms with E-state index in [1.54, 1.807) is 25.4 Å². The number of rotatable bonds is 2. The maximum atomic E-state index is 13.1. The lowest BCUT2D eigenvalue weighted by molar-refractivity contribution is 0.127. The molecule has 0 radical (unpaired) electrons. The minimum atomic E-state index is -0.244. The number of nitrogens with zero attached hydrogens (tertiary/aromatic N) is 2. The van der Waals surface area contributed by atoms with Crippen LogP contribution in [-0.2, 0) is 18.2 Å². The fourth-order valence-electron chi connectivity index (χ4n) is 3.82. The number of epoxide rings is 1. The van der Waals surface area contributed by atoms with Crippen molar-refractivity contribution in [1.29, 1.82) is 0 Å². The fourth-order valence-corrected chi connectivity index (χ4v) is 3.82. The number of fused-ring (bicyclic) bond motifs is 4. The van der Waals surface area contributed by atoms with Gasteiger partial charge in [-0.3, -0.25) is 4.79 Å². The summed E-state index contributed by atoms with van der Waals surface area (Å²) in [5, 5.41) is 1.17. The Morgan fingerprint density at radius 2 is 2.24 bits per heavy atom. The first-order chi connectivity index (χ1) is 12.0. The van der Waals surface area contributed by atoms with Crippen molar-refractivity contribution in [2.24, 2.45) is 7.05 Å². The van der Waals surface area contributed by atoms with E-state index in [1.807, 2.05) is 17.7 Å². The third-order valence-corrected chi connectivity index (χ3v) is 5.40. The largest absolute Gasteiger partial charge is 0.496 e. The van der Waals surface area contributed by atoms with E-state index in [-0.39, 0.29) is 17.1 Å². The molecule has 25 heavy (non-hydrogen) atoms. The van der Waals surface area contributed by atoms with Crippen molar-refractivity contribution in [3.05, 3.63) is 40.2 Å². The number of pyridine rings is 2. The van der Waals surface area contributed by atoms with Crippen molar-refractivity contribution in [3.8, 4) is 11.5 Å². The lowest BCUT2D eigenvalue weighted by atomic mass is 9.97. The highest BCUT2D eigenvalue weighted by Crippen LogP contribution is 2.45. The van der Waals surface area contributed by atoms with Crippen LogP contribution in [0.3, 0.4) is 0 Å². The van der Waals surface area contributed by atoms with Gasteiger partial charge in [-0.25, -0.2) is 4.98 Å². The first-order valence-electron chi connectivity index (χ1n) is 8.31. The third kappa shape index (κ3) is 1.88. The number of ether oxygens (including phenoxy) is 3. The number of aryl methyl sites for hydroxylation is 1. The van der Waals surface area contributed by atoms with Crippen LogP contribution < -0.4 is 14.9 Å². The average molecular weight is 338 g/mol. The molecule has 2 aliphatic heterocycles. The van der Waals surface area contributed by atoms with Crippen LogP contribution >= 0.6 is 0 Å². The quantitative estimate of drug-likeness (QED) is 0.529. The van der Waals surface area contributed by atoms with Crippen LogP contribution in [0.15, 0.2) is 29.2 Å². The summed E-state index contributed by atoms with van der Waals surface area (Å²) in [6, 6.07) is 5.40. The molecule has 5 rings (SSSR count). The summed E-state index contributed by atoms with van der Waals surface area (Å²) in [4.78, 5) is 17.5. The Labute approximate surface area is 143 Å². The highest BCUT2D eigenvalue weighted by Gasteiger charge is 2.51. The number of benzene rings is 1. The molecule has 3 aromatic rings. The molecular formula is C19H18N2O4. The van der Waals surface area contributed by atoms with Crippen LogP contribution in [0.5, 0.6) is 11.5 Å². The van der Waals surface area contributed by atoms with Gasteiger partial charge in [0.15, 0.2) is 0 Å². The standard InChI is InChI=1S/C19H18N2O4/c1-19(9-24-19)14-7-11-12(25-14)8-13(23-3)15-16(11)21(2)18-10(17(15)22)5-4-6-20-18/h4-6,8,14H,7,9H2,1-3H3/t14-,19-/m1/s1. The van der Waals surface area contributed by atoms with Gasteiger partial charge in [0.1, 0.15) is 28.9 Å². The van der Waals surface area contributed by atoms with Gasteiger partial charge in [0, 0.05) is 31.3 Å². The molecule has 2 aliphatic rings. The molecule has 0 aliphatic carbocycles. The van der Waals surface area contributed by atoms with Crippen molar-refractivity contribution >= 4 is 21.9 Å². The topological polar surface area (TPSA) is 65.9 Å². The summed E-state index contributed by atoms with van der Waals surface area (Å²) >= 11 is 0. The zero-order valence-electron chi connectivity index (χ0n) is 14.3. The van der Waals surface area contributed by atoms with Gasteiger partial charge in [-0.15, -0.1) is 0 Å². The fraction of sp³-hybridized carbons (Fsp3) is 0.368. The lowest BCUT2D eigenvalue weighted by Crippen LogP contribution is -2.30. The highest BCUT2D eigenvalue weighted by molar-refractivity contribution is 5.98. The van der Waals surface area contributed by atoms with Gasteiger partial charge in [-0.1, -0.05) is 0 Å². The van der Waals surface area contributed by atoms with E-state index in [1.165, 1.54) is 0 Å². The summed E-state index contributed by atoms with van der Waals surface area (Å²) in [7, 11) is 3.51. The maximum absolute atomic E-state index is 13.1. The lowest BCUT2D eigenvalue weighted by Gasteiger charge is -2.15. The number of hydrogen-bond acceptors (Lipinski definition) is 5. The molecule has 2 atom stereocenters. The van der Waals surface area contributed by atoms with Gasteiger partial charge in [-0.05, 0) is 19.1 Å². The van der Waals surface area contributed by atoms with Crippen LogP contribution in [0.4, 0.5) is 0 Å². The zero-order valence-corrected chi connectivity index (χ0v) is 14.3. The molecule has 6 nitrogen and oxygen atoms in total. The molecule has 4 heterocycles. The molecule has 0 bridgehead atoms. The first-order valence-corrected chi connectivity index (χ1v) is 8.31. The maximum Gasteiger partial charge on any atom is 0.202 e. The Hall–Kier alpha value is -2.60. The Kier molecular flexibility index (Phi) is 2.78. The Morgan fingerprint density at radius 3 is 2.96 bits per heavy atom. The summed E-state index contributed by atoms with van der Waals surface area (Å²) in [5.41, 5.74) is 2.20. The number of methoxy groups -OCH3 is 1. The molecule has 0 amide bonds. The van der Waals surface area contributed by atoms with Gasteiger partial charge in [0.2, 0.25) is 5.43 Å². The zero-order chi connectivity index (χ0) is 17.3. The first kappa shape index (κ1) is 14.7. The van der Waals surface area contributed by atoms with Gasteiger partial charge >= 0.3 is 0 Å². The third-order valence-electron chi connectivity index (χ3n) is 5.40. The molecule has 0 spiro atoms. The van der Waals surface area contributed by atoms with Crippen LogP contribution in [0.25, 0.3) is 21.9 Å². The van der Waals surface area contributed by atoms with Crippen molar-refractivity contribution in [1.82, 2.24) is 9.55 Å². The Bertz CT molecular complexity index is 1100.